The van der Waals surface area contributed by atoms with E-state index in [1.165, 1.54) is 24.3 Å². The Bertz CT molecular complexity index is 1010. The van der Waals surface area contributed by atoms with Gasteiger partial charge in [-0.1, -0.05) is 18.2 Å². The van der Waals surface area contributed by atoms with Crippen LogP contribution in [0, 0.1) is 0 Å². The Labute approximate surface area is 157 Å². The number of esters is 1. The summed E-state index contributed by atoms with van der Waals surface area (Å²) in [6, 6.07) is 15.1. The molecule has 0 atom stereocenters. The van der Waals surface area contributed by atoms with E-state index >= 15 is 0 Å². The lowest BCUT2D eigenvalue weighted by Crippen LogP contribution is -2.23. The number of aromatic nitrogens is 2. The van der Waals surface area contributed by atoms with Crippen molar-refractivity contribution < 1.29 is 17.9 Å². The fraction of sp³-hybridized carbons (Fsp3) is 0.158. The number of carbonyl (C=O) groups excluding carboxylic acids is 1. The van der Waals surface area contributed by atoms with Crippen LogP contribution in [0.1, 0.15) is 22.8 Å². The molecule has 0 bridgehead atoms. The van der Waals surface area contributed by atoms with Crippen LogP contribution >= 0.6 is 0 Å². The summed E-state index contributed by atoms with van der Waals surface area (Å²) in [5, 5.41) is 4.24. The number of sulfonamides is 1. The number of nitrogens with one attached hydrogen (secondary N) is 1. The molecule has 2 aromatic carbocycles. The standard InChI is InChI=1S/C19H19N3O4S/c1-2-26-19(23)16-8-10-18(11-9-16)27(24,25)21-13-15-12-20-22(14-15)17-6-4-3-5-7-17/h3-12,14,21H,2,13H2,1H3. The molecule has 0 saturated carbocycles. The van der Waals surface area contributed by atoms with Crippen LogP contribution in [-0.4, -0.2) is 30.8 Å². The highest BCUT2D eigenvalue weighted by Gasteiger charge is 2.15. The molecule has 3 rings (SSSR count). The normalized spacial score (nSPS) is 11.3. The third kappa shape index (κ3) is 4.60. The summed E-state index contributed by atoms with van der Waals surface area (Å²) in [6.45, 7) is 2.08. The molecule has 0 radical (unpaired) electrons. The van der Waals surface area contributed by atoms with Gasteiger partial charge >= 0.3 is 5.97 Å². The van der Waals surface area contributed by atoms with Gasteiger partial charge < -0.3 is 4.74 Å². The Morgan fingerprint density at radius 2 is 1.81 bits per heavy atom. The van der Waals surface area contributed by atoms with Gasteiger partial charge in [0, 0.05) is 18.3 Å². The summed E-state index contributed by atoms with van der Waals surface area (Å²) >= 11 is 0. The number of benzene rings is 2. The van der Waals surface area contributed by atoms with Crippen molar-refractivity contribution in [3.8, 4) is 5.69 Å². The fourth-order valence-electron chi connectivity index (χ4n) is 2.42. The highest BCUT2D eigenvalue weighted by atomic mass is 32.2. The smallest absolute Gasteiger partial charge is 0.338 e. The monoisotopic (exact) mass is 385 g/mol. The molecule has 0 fully saturated rings. The zero-order chi connectivity index (χ0) is 19.3. The Morgan fingerprint density at radius 3 is 2.48 bits per heavy atom. The SMILES string of the molecule is CCOC(=O)c1ccc(S(=O)(=O)NCc2cnn(-c3ccccc3)c2)cc1. The quantitative estimate of drug-likeness (QED) is 0.631. The van der Waals surface area contributed by atoms with E-state index in [1.54, 1.807) is 24.0 Å². The summed E-state index contributed by atoms with van der Waals surface area (Å²) in [7, 11) is -3.71. The third-order valence-electron chi connectivity index (χ3n) is 3.80. The van der Waals surface area contributed by atoms with Crippen LogP contribution < -0.4 is 4.72 Å². The fourth-order valence-corrected chi connectivity index (χ4v) is 3.44. The van der Waals surface area contributed by atoms with Crippen LogP contribution in [0.15, 0.2) is 71.9 Å². The Hall–Kier alpha value is -2.97. The molecule has 1 heterocycles. The Morgan fingerprint density at radius 1 is 1.11 bits per heavy atom. The molecule has 0 saturated heterocycles. The number of para-hydroxylation sites is 1. The second kappa shape index (κ2) is 8.15. The van der Waals surface area contributed by atoms with Crippen molar-refractivity contribution in [3.63, 3.8) is 0 Å². The zero-order valence-corrected chi connectivity index (χ0v) is 15.5. The van der Waals surface area contributed by atoms with Gasteiger partial charge in [-0.2, -0.15) is 5.10 Å². The molecule has 0 spiro atoms. The lowest BCUT2D eigenvalue weighted by atomic mass is 10.2. The molecule has 1 aromatic heterocycles. The summed E-state index contributed by atoms with van der Waals surface area (Å²) in [5.41, 5.74) is 1.92. The van der Waals surface area contributed by atoms with Crippen LogP contribution in [0.25, 0.3) is 5.69 Å². The molecule has 0 aliphatic rings. The maximum absolute atomic E-state index is 12.4. The average molecular weight is 385 g/mol. The van der Waals surface area contributed by atoms with E-state index in [1.807, 2.05) is 30.3 Å². The largest absolute Gasteiger partial charge is 0.462 e. The number of hydrogen-bond acceptors (Lipinski definition) is 5. The first-order valence-electron chi connectivity index (χ1n) is 8.35. The van der Waals surface area contributed by atoms with E-state index in [0.29, 0.717) is 5.56 Å². The highest BCUT2D eigenvalue weighted by Crippen LogP contribution is 2.13. The molecular weight excluding hydrogens is 366 g/mol. The number of ether oxygens (including phenoxy) is 1. The topological polar surface area (TPSA) is 90.3 Å². The molecule has 27 heavy (non-hydrogen) atoms. The molecule has 0 amide bonds. The van der Waals surface area contributed by atoms with Gasteiger partial charge in [0.25, 0.3) is 0 Å². The van der Waals surface area contributed by atoms with Crippen LogP contribution in [0.5, 0.6) is 0 Å². The van der Waals surface area contributed by atoms with E-state index in [9.17, 15) is 13.2 Å². The molecule has 0 aliphatic heterocycles. The van der Waals surface area contributed by atoms with Gasteiger partial charge in [0.1, 0.15) is 0 Å². The summed E-state index contributed by atoms with van der Waals surface area (Å²) < 4.78 is 34.0. The van der Waals surface area contributed by atoms with Crippen LogP contribution in [0.4, 0.5) is 0 Å². The molecule has 1 N–H and O–H groups in total. The maximum atomic E-state index is 12.4. The van der Waals surface area contributed by atoms with Gasteiger partial charge in [-0.3, -0.25) is 0 Å². The van der Waals surface area contributed by atoms with E-state index in [0.717, 1.165) is 11.3 Å². The molecule has 140 valence electrons. The molecular formula is C19H19N3O4S. The first-order chi connectivity index (χ1) is 13.0. The lowest BCUT2D eigenvalue weighted by molar-refractivity contribution is 0.0526. The first kappa shape index (κ1) is 18.8. The average Bonchev–Trinajstić information content (AvgIpc) is 3.17. The van der Waals surface area contributed by atoms with Gasteiger partial charge in [0.05, 0.1) is 29.0 Å². The number of carbonyl (C=O) groups is 1. The predicted octanol–water partition coefficient (Wildman–Crippen LogP) is 2.53. The van der Waals surface area contributed by atoms with Crippen molar-refractivity contribution in [2.24, 2.45) is 0 Å². The van der Waals surface area contributed by atoms with Crippen molar-refractivity contribution in [2.75, 3.05) is 6.61 Å². The second-order valence-electron chi connectivity index (χ2n) is 5.70. The maximum Gasteiger partial charge on any atom is 0.338 e. The number of nitrogens with zero attached hydrogens (tertiary/aromatic N) is 2. The van der Waals surface area contributed by atoms with Crippen molar-refractivity contribution in [3.05, 3.63) is 78.1 Å². The number of hydrogen-bond donors (Lipinski definition) is 1. The van der Waals surface area contributed by atoms with Crippen molar-refractivity contribution in [2.45, 2.75) is 18.4 Å². The summed E-state index contributed by atoms with van der Waals surface area (Å²) in [4.78, 5) is 11.7. The van der Waals surface area contributed by atoms with E-state index < -0.39 is 16.0 Å². The van der Waals surface area contributed by atoms with E-state index in [4.69, 9.17) is 4.74 Å². The molecule has 0 unspecified atom stereocenters. The Kier molecular flexibility index (Phi) is 5.68. The van der Waals surface area contributed by atoms with Crippen LogP contribution in [0.3, 0.4) is 0 Å². The van der Waals surface area contributed by atoms with Gasteiger partial charge in [-0.05, 0) is 43.3 Å². The minimum Gasteiger partial charge on any atom is -0.462 e. The second-order valence-corrected chi connectivity index (χ2v) is 7.47. The van der Waals surface area contributed by atoms with Gasteiger partial charge in [0.2, 0.25) is 10.0 Å². The molecule has 3 aromatic rings. The van der Waals surface area contributed by atoms with E-state index in [-0.39, 0.29) is 18.0 Å². The van der Waals surface area contributed by atoms with E-state index in [2.05, 4.69) is 9.82 Å². The van der Waals surface area contributed by atoms with Crippen LogP contribution in [0.2, 0.25) is 0 Å². The van der Waals surface area contributed by atoms with Gasteiger partial charge in [-0.25, -0.2) is 22.6 Å². The third-order valence-corrected chi connectivity index (χ3v) is 5.22. The molecule has 7 nitrogen and oxygen atoms in total. The summed E-state index contributed by atoms with van der Waals surface area (Å²) in [5.74, 6) is -0.484. The Balaban J connectivity index is 1.67. The van der Waals surface area contributed by atoms with Gasteiger partial charge in [-0.15, -0.1) is 0 Å². The highest BCUT2D eigenvalue weighted by molar-refractivity contribution is 7.89. The van der Waals surface area contributed by atoms with Crippen LogP contribution in [-0.2, 0) is 21.3 Å². The van der Waals surface area contributed by atoms with Crippen molar-refractivity contribution in [1.29, 1.82) is 0 Å². The minimum atomic E-state index is -3.71. The first-order valence-corrected chi connectivity index (χ1v) is 9.84. The van der Waals surface area contributed by atoms with Crippen molar-refractivity contribution in [1.82, 2.24) is 14.5 Å². The zero-order valence-electron chi connectivity index (χ0n) is 14.7. The molecule has 0 aliphatic carbocycles. The predicted molar refractivity (Wildman–Crippen MR) is 100.0 cm³/mol. The summed E-state index contributed by atoms with van der Waals surface area (Å²) in [6.07, 6.45) is 3.38. The number of rotatable bonds is 7. The molecule has 8 heteroatoms. The van der Waals surface area contributed by atoms with Crippen molar-refractivity contribution >= 4 is 16.0 Å². The minimum absolute atomic E-state index is 0.0750. The van der Waals surface area contributed by atoms with Gasteiger partial charge in [0.15, 0.2) is 0 Å². The lowest BCUT2D eigenvalue weighted by Gasteiger charge is -2.07.